The van der Waals surface area contributed by atoms with E-state index in [1.165, 1.54) is 0 Å². The highest BCUT2D eigenvalue weighted by molar-refractivity contribution is 5.93. The zero-order valence-electron chi connectivity index (χ0n) is 10.6. The van der Waals surface area contributed by atoms with E-state index < -0.39 is 12.3 Å². The van der Waals surface area contributed by atoms with Crippen molar-refractivity contribution < 1.29 is 13.5 Å². The second-order valence-electron chi connectivity index (χ2n) is 4.53. The van der Waals surface area contributed by atoms with E-state index in [0.29, 0.717) is 13.0 Å². The molecular weight excluding hydrogens is 252 g/mol. The minimum Gasteiger partial charge on any atom is -0.380 e. The van der Waals surface area contributed by atoms with Gasteiger partial charge in [0, 0.05) is 24.3 Å². The zero-order chi connectivity index (χ0) is 13.8. The van der Waals surface area contributed by atoms with Gasteiger partial charge in [-0.25, -0.2) is 13.8 Å². The first kappa shape index (κ1) is 13.7. The monoisotopic (exact) mass is 269 g/mol. The van der Waals surface area contributed by atoms with Crippen LogP contribution in [0.1, 0.15) is 12.0 Å². The van der Waals surface area contributed by atoms with Crippen LogP contribution in [0, 0.1) is 5.92 Å². The molecule has 0 unspecified atom stereocenters. The molecule has 0 spiro atoms. The highest BCUT2D eigenvalue weighted by atomic mass is 19.3. The van der Waals surface area contributed by atoms with E-state index in [4.69, 9.17) is 10.5 Å². The number of aliphatic imine (C=N–C) groups is 1. The van der Waals surface area contributed by atoms with E-state index in [2.05, 4.69) is 10.3 Å². The molecule has 3 N–H and O–H groups in total. The second kappa shape index (κ2) is 5.97. The molecule has 1 aromatic carbocycles. The van der Waals surface area contributed by atoms with Gasteiger partial charge in [0.1, 0.15) is 0 Å². The first-order valence-electron chi connectivity index (χ1n) is 6.07. The fourth-order valence-corrected chi connectivity index (χ4v) is 1.89. The Balaban J connectivity index is 1.99. The topological polar surface area (TPSA) is 59.6 Å². The number of rotatable bonds is 5. The molecule has 4 nitrogen and oxygen atoms in total. The van der Waals surface area contributed by atoms with Gasteiger partial charge in [0.2, 0.25) is 6.43 Å². The third kappa shape index (κ3) is 3.64. The van der Waals surface area contributed by atoms with Crippen LogP contribution in [0.2, 0.25) is 0 Å². The number of methoxy groups -OCH3 is 1. The van der Waals surface area contributed by atoms with Crippen molar-refractivity contribution in [2.75, 3.05) is 12.4 Å². The fraction of sp³-hybridized carbons (Fsp3) is 0.462. The van der Waals surface area contributed by atoms with E-state index in [-0.39, 0.29) is 12.0 Å². The summed E-state index contributed by atoms with van der Waals surface area (Å²) in [6, 6.07) is 7.13. The first-order chi connectivity index (χ1) is 9.11. The van der Waals surface area contributed by atoms with Crippen molar-refractivity contribution >= 4 is 11.6 Å². The Hall–Kier alpha value is -1.69. The first-order valence-corrected chi connectivity index (χ1v) is 6.07. The lowest BCUT2D eigenvalue weighted by atomic mass is 10.2. The third-order valence-corrected chi connectivity index (χ3v) is 3.01. The molecule has 6 heteroatoms. The van der Waals surface area contributed by atoms with Gasteiger partial charge in [-0.2, -0.15) is 0 Å². The smallest absolute Gasteiger partial charge is 0.243 e. The molecular formula is C13H17F2N3O. The number of nitrogens with one attached hydrogen (secondary N) is 1. The van der Waals surface area contributed by atoms with Crippen LogP contribution in [0.25, 0.3) is 0 Å². The summed E-state index contributed by atoms with van der Waals surface area (Å²) in [5.74, 6) is -0.480. The summed E-state index contributed by atoms with van der Waals surface area (Å²) < 4.78 is 29.8. The number of hydrogen-bond acceptors (Lipinski definition) is 2. The van der Waals surface area contributed by atoms with Crippen LogP contribution in [0.5, 0.6) is 0 Å². The number of ether oxygens (including phenoxy) is 1. The van der Waals surface area contributed by atoms with Gasteiger partial charge in [-0.15, -0.1) is 0 Å². The van der Waals surface area contributed by atoms with Crippen molar-refractivity contribution in [3.8, 4) is 0 Å². The maximum atomic E-state index is 12.4. The van der Waals surface area contributed by atoms with Gasteiger partial charge in [-0.1, -0.05) is 18.2 Å². The molecule has 0 aromatic heterocycles. The molecule has 0 bridgehead atoms. The Morgan fingerprint density at radius 3 is 2.89 bits per heavy atom. The molecule has 2 atom stereocenters. The number of anilines is 1. The normalized spacial score (nSPS) is 22.6. The van der Waals surface area contributed by atoms with E-state index in [1.54, 1.807) is 7.11 Å². The second-order valence-corrected chi connectivity index (χ2v) is 4.53. The van der Waals surface area contributed by atoms with Gasteiger partial charge in [0.15, 0.2) is 5.96 Å². The molecule has 0 amide bonds. The molecule has 0 aliphatic heterocycles. The van der Waals surface area contributed by atoms with Crippen LogP contribution in [0.4, 0.5) is 14.5 Å². The molecule has 0 saturated heterocycles. The number of alkyl halides is 2. The molecule has 104 valence electrons. The van der Waals surface area contributed by atoms with E-state index in [1.807, 2.05) is 24.3 Å². The quantitative estimate of drug-likeness (QED) is 0.636. The molecule has 19 heavy (non-hydrogen) atoms. The summed E-state index contributed by atoms with van der Waals surface area (Å²) in [7, 11) is 1.60. The molecule has 1 aromatic rings. The summed E-state index contributed by atoms with van der Waals surface area (Å²) in [6.45, 7) is 0.444. The molecule has 1 fully saturated rings. The zero-order valence-corrected chi connectivity index (χ0v) is 10.6. The largest absolute Gasteiger partial charge is 0.380 e. The molecule has 0 heterocycles. The van der Waals surface area contributed by atoms with Crippen LogP contribution in [-0.2, 0) is 11.3 Å². The number of para-hydroxylation sites is 1. The van der Waals surface area contributed by atoms with E-state index in [9.17, 15) is 8.78 Å². The lowest BCUT2D eigenvalue weighted by Crippen LogP contribution is -2.24. The third-order valence-electron chi connectivity index (χ3n) is 3.01. The molecule has 1 saturated carbocycles. The average Bonchev–Trinajstić information content (AvgIpc) is 3.11. The van der Waals surface area contributed by atoms with Gasteiger partial charge in [0.25, 0.3) is 0 Å². The van der Waals surface area contributed by atoms with Crippen LogP contribution in [0.3, 0.4) is 0 Å². The fourth-order valence-electron chi connectivity index (χ4n) is 1.89. The SMILES string of the molecule is COCc1ccccc1NC(N)=N[C@H]1C[C@@H]1C(F)F. The summed E-state index contributed by atoms with van der Waals surface area (Å²) >= 11 is 0. The Morgan fingerprint density at radius 1 is 1.53 bits per heavy atom. The average molecular weight is 269 g/mol. The highest BCUT2D eigenvalue weighted by Gasteiger charge is 2.44. The van der Waals surface area contributed by atoms with E-state index >= 15 is 0 Å². The van der Waals surface area contributed by atoms with Crippen molar-refractivity contribution in [2.45, 2.75) is 25.5 Å². The molecule has 1 aliphatic rings. The van der Waals surface area contributed by atoms with Crippen LogP contribution in [0.15, 0.2) is 29.3 Å². The Labute approximate surface area is 110 Å². The van der Waals surface area contributed by atoms with Gasteiger partial charge in [0.05, 0.1) is 12.6 Å². The maximum absolute atomic E-state index is 12.4. The molecule has 0 radical (unpaired) electrons. The Kier molecular flexibility index (Phi) is 4.31. The standard InChI is InChI=1S/C13H17F2N3O/c1-19-7-8-4-2-3-5-10(8)17-13(16)18-11-6-9(11)12(14)15/h2-5,9,11-12H,6-7H2,1H3,(H3,16,17,18)/t9-,11-/m0/s1. The summed E-state index contributed by atoms with van der Waals surface area (Å²) in [5, 5.41) is 2.93. The van der Waals surface area contributed by atoms with Crippen LogP contribution in [-0.4, -0.2) is 25.5 Å². The van der Waals surface area contributed by atoms with Gasteiger partial charge in [-0.3, -0.25) is 0 Å². The Morgan fingerprint density at radius 2 is 2.26 bits per heavy atom. The summed E-state index contributed by atoms with van der Waals surface area (Å²) in [5.41, 5.74) is 7.44. The van der Waals surface area contributed by atoms with Crippen LogP contribution >= 0.6 is 0 Å². The number of nitrogens with two attached hydrogens (primary N) is 1. The lowest BCUT2D eigenvalue weighted by Gasteiger charge is -2.10. The minimum atomic E-state index is -2.32. The van der Waals surface area contributed by atoms with Crippen molar-refractivity contribution in [1.82, 2.24) is 0 Å². The number of halogens is 2. The maximum Gasteiger partial charge on any atom is 0.243 e. The van der Waals surface area contributed by atoms with Crippen molar-refractivity contribution in [1.29, 1.82) is 0 Å². The molecule has 2 rings (SSSR count). The van der Waals surface area contributed by atoms with Crippen molar-refractivity contribution in [2.24, 2.45) is 16.6 Å². The van der Waals surface area contributed by atoms with Gasteiger partial charge in [-0.05, 0) is 12.5 Å². The number of hydrogen-bond donors (Lipinski definition) is 2. The summed E-state index contributed by atoms with van der Waals surface area (Å²) in [4.78, 5) is 4.05. The number of benzene rings is 1. The lowest BCUT2D eigenvalue weighted by molar-refractivity contribution is 0.121. The van der Waals surface area contributed by atoms with Gasteiger partial charge < -0.3 is 15.8 Å². The number of guanidine groups is 1. The summed E-state index contributed by atoms with van der Waals surface area (Å²) in [6.07, 6.45) is -1.91. The van der Waals surface area contributed by atoms with Crippen molar-refractivity contribution in [3.05, 3.63) is 29.8 Å². The van der Waals surface area contributed by atoms with Gasteiger partial charge >= 0.3 is 0 Å². The molecule has 1 aliphatic carbocycles. The minimum absolute atomic E-state index is 0.164. The van der Waals surface area contributed by atoms with Crippen LogP contribution < -0.4 is 11.1 Å². The van der Waals surface area contributed by atoms with Crippen molar-refractivity contribution in [3.63, 3.8) is 0 Å². The highest BCUT2D eigenvalue weighted by Crippen LogP contribution is 2.38. The predicted molar refractivity (Wildman–Crippen MR) is 70.3 cm³/mol. The van der Waals surface area contributed by atoms with E-state index in [0.717, 1.165) is 11.3 Å². The predicted octanol–water partition coefficient (Wildman–Crippen LogP) is 2.21. The number of nitrogens with zero attached hydrogens (tertiary/aromatic N) is 1. The Bertz CT molecular complexity index is 465.